The summed E-state index contributed by atoms with van der Waals surface area (Å²) in [6.45, 7) is 8.65. The standard InChI is InChI=1S/C26H30O4/c1-16(2)29-25-12-20(14-27)11-24-22(25)13-21-18(4)30-17(3)10-23(21)26(24)28-15-19-8-6-5-7-9-19/h5-9,11-13,16-18,27H,10,14-15H2,1-4H3/t17-,18+/m0/s1. The Bertz CT molecular complexity index is 1030. The predicted molar refractivity (Wildman–Crippen MR) is 119 cm³/mol. The average Bonchev–Trinajstić information content (AvgIpc) is 2.72. The number of hydrogen-bond acceptors (Lipinski definition) is 4. The van der Waals surface area contributed by atoms with Gasteiger partial charge in [0.25, 0.3) is 0 Å². The first-order valence-corrected chi connectivity index (χ1v) is 10.7. The first-order chi connectivity index (χ1) is 14.5. The molecule has 3 aromatic rings. The molecule has 2 atom stereocenters. The molecule has 4 heteroatoms. The van der Waals surface area contributed by atoms with Crippen molar-refractivity contribution in [3.05, 3.63) is 70.8 Å². The maximum absolute atomic E-state index is 9.86. The molecule has 0 bridgehead atoms. The van der Waals surface area contributed by atoms with Crippen LogP contribution in [0.2, 0.25) is 0 Å². The Hall–Kier alpha value is -2.56. The van der Waals surface area contributed by atoms with Gasteiger partial charge < -0.3 is 19.3 Å². The van der Waals surface area contributed by atoms with Gasteiger partial charge in [0.2, 0.25) is 0 Å². The fraction of sp³-hybridized carbons (Fsp3) is 0.385. The van der Waals surface area contributed by atoms with E-state index < -0.39 is 0 Å². The van der Waals surface area contributed by atoms with E-state index in [-0.39, 0.29) is 24.9 Å². The Balaban J connectivity index is 1.91. The number of aliphatic hydroxyl groups excluding tert-OH is 1. The molecule has 0 spiro atoms. The SMILES string of the molecule is CC(C)Oc1cc(CO)cc2c(OCc3ccccc3)c3c(cc12)[C@@H](C)O[C@@H](C)C3. The maximum Gasteiger partial charge on any atom is 0.131 e. The number of aliphatic hydroxyl groups is 1. The number of hydrogen-bond donors (Lipinski definition) is 1. The second-order valence-electron chi connectivity index (χ2n) is 8.35. The van der Waals surface area contributed by atoms with Gasteiger partial charge in [0.15, 0.2) is 0 Å². The van der Waals surface area contributed by atoms with Crippen LogP contribution in [0.1, 0.15) is 56.1 Å². The summed E-state index contributed by atoms with van der Waals surface area (Å²) in [5.74, 6) is 1.64. The number of fused-ring (bicyclic) bond motifs is 2. The second-order valence-corrected chi connectivity index (χ2v) is 8.35. The summed E-state index contributed by atoms with van der Waals surface area (Å²) < 4.78 is 18.7. The molecule has 1 N–H and O–H groups in total. The Morgan fingerprint density at radius 2 is 1.80 bits per heavy atom. The Morgan fingerprint density at radius 1 is 1.03 bits per heavy atom. The zero-order chi connectivity index (χ0) is 21.3. The molecule has 4 rings (SSSR count). The van der Waals surface area contributed by atoms with Crippen LogP contribution < -0.4 is 9.47 Å². The van der Waals surface area contributed by atoms with Crippen molar-refractivity contribution < 1.29 is 19.3 Å². The third-order valence-electron chi connectivity index (χ3n) is 5.51. The van der Waals surface area contributed by atoms with Crippen molar-refractivity contribution in [1.29, 1.82) is 0 Å². The van der Waals surface area contributed by atoms with Crippen molar-refractivity contribution in [2.45, 2.75) is 65.6 Å². The maximum atomic E-state index is 9.86. The lowest BCUT2D eigenvalue weighted by Crippen LogP contribution is -2.23. The van der Waals surface area contributed by atoms with Crippen LogP contribution in [0.5, 0.6) is 11.5 Å². The minimum atomic E-state index is -0.0461. The zero-order valence-corrected chi connectivity index (χ0v) is 18.1. The Morgan fingerprint density at radius 3 is 2.50 bits per heavy atom. The average molecular weight is 407 g/mol. The summed E-state index contributed by atoms with van der Waals surface area (Å²) in [5, 5.41) is 11.8. The first kappa shape index (κ1) is 20.7. The van der Waals surface area contributed by atoms with Crippen LogP contribution in [0.4, 0.5) is 0 Å². The smallest absolute Gasteiger partial charge is 0.131 e. The van der Waals surface area contributed by atoms with Gasteiger partial charge in [-0.15, -0.1) is 0 Å². The van der Waals surface area contributed by atoms with Crippen LogP contribution in [0.15, 0.2) is 48.5 Å². The fourth-order valence-electron chi connectivity index (χ4n) is 4.22. The van der Waals surface area contributed by atoms with Gasteiger partial charge in [0, 0.05) is 22.8 Å². The van der Waals surface area contributed by atoms with E-state index in [4.69, 9.17) is 14.2 Å². The van der Waals surface area contributed by atoms with Crippen LogP contribution in [-0.2, 0) is 24.4 Å². The van der Waals surface area contributed by atoms with Gasteiger partial charge in [-0.25, -0.2) is 0 Å². The summed E-state index contributed by atoms with van der Waals surface area (Å²) in [6.07, 6.45) is 0.928. The summed E-state index contributed by atoms with van der Waals surface area (Å²) in [7, 11) is 0. The molecular formula is C26H30O4. The summed E-state index contributed by atoms with van der Waals surface area (Å²) in [6, 6.07) is 16.3. The number of rotatable bonds is 6. The van der Waals surface area contributed by atoms with Gasteiger partial charge in [-0.3, -0.25) is 0 Å². The van der Waals surface area contributed by atoms with Crippen molar-refractivity contribution >= 4 is 10.8 Å². The molecule has 0 saturated carbocycles. The molecule has 3 aromatic carbocycles. The largest absolute Gasteiger partial charge is 0.490 e. The number of benzene rings is 3. The highest BCUT2D eigenvalue weighted by Gasteiger charge is 2.28. The molecule has 0 aromatic heterocycles. The van der Waals surface area contributed by atoms with Crippen LogP contribution in [0.25, 0.3) is 10.8 Å². The lowest BCUT2D eigenvalue weighted by molar-refractivity contribution is -0.00537. The van der Waals surface area contributed by atoms with Crippen molar-refractivity contribution in [1.82, 2.24) is 0 Å². The molecule has 0 saturated heterocycles. The summed E-state index contributed by atoms with van der Waals surface area (Å²) in [4.78, 5) is 0. The van der Waals surface area contributed by atoms with Crippen LogP contribution in [0.3, 0.4) is 0 Å². The van der Waals surface area contributed by atoms with Gasteiger partial charge in [0.05, 0.1) is 24.9 Å². The molecule has 0 amide bonds. The minimum Gasteiger partial charge on any atom is -0.490 e. The van der Waals surface area contributed by atoms with E-state index in [1.165, 1.54) is 5.56 Å². The first-order valence-electron chi connectivity index (χ1n) is 10.7. The van der Waals surface area contributed by atoms with Crippen molar-refractivity contribution in [2.75, 3.05) is 0 Å². The van der Waals surface area contributed by atoms with E-state index in [1.807, 2.05) is 44.2 Å². The highest BCUT2D eigenvalue weighted by Crippen LogP contribution is 2.44. The zero-order valence-electron chi connectivity index (χ0n) is 18.1. The molecule has 0 unspecified atom stereocenters. The van der Waals surface area contributed by atoms with Gasteiger partial charge in [-0.2, -0.15) is 0 Å². The predicted octanol–water partition coefficient (Wildman–Crippen LogP) is 5.72. The highest BCUT2D eigenvalue weighted by molar-refractivity contribution is 5.96. The van der Waals surface area contributed by atoms with E-state index in [2.05, 4.69) is 32.0 Å². The highest BCUT2D eigenvalue weighted by atomic mass is 16.5. The minimum absolute atomic E-state index is 0.0170. The normalized spacial score (nSPS) is 18.5. The van der Waals surface area contributed by atoms with Gasteiger partial charge in [0.1, 0.15) is 18.1 Å². The molecule has 30 heavy (non-hydrogen) atoms. The number of ether oxygens (including phenoxy) is 3. The van der Waals surface area contributed by atoms with E-state index in [0.717, 1.165) is 45.4 Å². The molecular weight excluding hydrogens is 376 g/mol. The third-order valence-corrected chi connectivity index (χ3v) is 5.51. The molecule has 1 heterocycles. The fourth-order valence-corrected chi connectivity index (χ4v) is 4.22. The second kappa shape index (κ2) is 8.66. The molecule has 0 aliphatic carbocycles. The van der Waals surface area contributed by atoms with E-state index in [9.17, 15) is 5.11 Å². The van der Waals surface area contributed by atoms with E-state index in [1.54, 1.807) is 0 Å². The Kier molecular flexibility index (Phi) is 5.98. The molecule has 0 radical (unpaired) electrons. The quantitative estimate of drug-likeness (QED) is 0.569. The van der Waals surface area contributed by atoms with Gasteiger partial charge >= 0.3 is 0 Å². The summed E-state index contributed by atoms with van der Waals surface area (Å²) in [5.41, 5.74) is 4.27. The van der Waals surface area contributed by atoms with Crippen LogP contribution in [0, 0.1) is 0 Å². The molecule has 4 nitrogen and oxygen atoms in total. The Labute approximate surface area is 178 Å². The topological polar surface area (TPSA) is 47.9 Å². The molecule has 1 aliphatic rings. The lowest BCUT2D eigenvalue weighted by Gasteiger charge is -2.31. The third kappa shape index (κ3) is 4.16. The molecule has 158 valence electrons. The lowest BCUT2D eigenvalue weighted by atomic mass is 9.90. The monoisotopic (exact) mass is 406 g/mol. The van der Waals surface area contributed by atoms with Crippen molar-refractivity contribution in [3.8, 4) is 11.5 Å². The van der Waals surface area contributed by atoms with Gasteiger partial charge in [-0.1, -0.05) is 30.3 Å². The van der Waals surface area contributed by atoms with E-state index >= 15 is 0 Å². The van der Waals surface area contributed by atoms with Gasteiger partial charge in [-0.05, 0) is 62.6 Å². The molecule has 1 aliphatic heterocycles. The van der Waals surface area contributed by atoms with Crippen molar-refractivity contribution in [2.24, 2.45) is 0 Å². The van der Waals surface area contributed by atoms with Crippen molar-refractivity contribution in [3.63, 3.8) is 0 Å². The van der Waals surface area contributed by atoms with Crippen LogP contribution in [-0.4, -0.2) is 17.3 Å². The summed E-state index contributed by atoms with van der Waals surface area (Å²) >= 11 is 0. The van der Waals surface area contributed by atoms with E-state index in [0.29, 0.717) is 6.61 Å². The molecule has 0 fully saturated rings. The van der Waals surface area contributed by atoms with Crippen LogP contribution >= 0.6 is 0 Å².